The summed E-state index contributed by atoms with van der Waals surface area (Å²) in [5, 5.41) is 3.29. The number of ether oxygens (including phenoxy) is 1. The first kappa shape index (κ1) is 17.4. The number of rotatable bonds is 9. The summed E-state index contributed by atoms with van der Waals surface area (Å²) in [5.74, 6) is -0.148. The van der Waals surface area contributed by atoms with E-state index in [9.17, 15) is 4.79 Å². The Balaban J connectivity index is 2.47. The van der Waals surface area contributed by atoms with Crippen molar-refractivity contribution in [2.24, 2.45) is 0 Å². The molecule has 1 aliphatic rings. The lowest BCUT2D eigenvalue weighted by atomic mass is 10.2. The van der Waals surface area contributed by atoms with E-state index in [0.29, 0.717) is 6.04 Å². The van der Waals surface area contributed by atoms with Crippen molar-refractivity contribution in [3.63, 3.8) is 0 Å². The lowest BCUT2D eigenvalue weighted by Gasteiger charge is -2.27. The Labute approximate surface area is 123 Å². The molecule has 0 aromatic rings. The third-order valence-electron chi connectivity index (χ3n) is 4.14. The summed E-state index contributed by atoms with van der Waals surface area (Å²) < 4.78 is 4.90. The van der Waals surface area contributed by atoms with Gasteiger partial charge in [0.1, 0.15) is 6.04 Å². The Morgan fingerprint density at radius 2 is 2.10 bits per heavy atom. The van der Waals surface area contributed by atoms with Crippen LogP contribution in [0.15, 0.2) is 0 Å². The lowest BCUT2D eigenvalue weighted by molar-refractivity contribution is -0.143. The van der Waals surface area contributed by atoms with Gasteiger partial charge in [0.25, 0.3) is 0 Å². The van der Waals surface area contributed by atoms with E-state index in [1.54, 1.807) is 0 Å². The van der Waals surface area contributed by atoms with Gasteiger partial charge in [-0.05, 0) is 39.0 Å². The average Bonchev–Trinajstić information content (AvgIpc) is 2.92. The van der Waals surface area contributed by atoms with Crippen molar-refractivity contribution in [1.82, 2.24) is 15.1 Å². The van der Waals surface area contributed by atoms with Crippen LogP contribution in [0.1, 0.15) is 33.6 Å². The Morgan fingerprint density at radius 1 is 1.40 bits per heavy atom. The first-order valence-electron chi connectivity index (χ1n) is 7.93. The Hall–Kier alpha value is -0.650. The van der Waals surface area contributed by atoms with E-state index in [1.807, 2.05) is 0 Å². The molecule has 2 unspecified atom stereocenters. The molecule has 1 saturated heterocycles. The van der Waals surface area contributed by atoms with Gasteiger partial charge in [-0.15, -0.1) is 0 Å². The maximum Gasteiger partial charge on any atom is 0.324 e. The van der Waals surface area contributed by atoms with Crippen LogP contribution >= 0.6 is 0 Å². The van der Waals surface area contributed by atoms with Crippen molar-refractivity contribution in [2.75, 3.05) is 46.4 Å². The van der Waals surface area contributed by atoms with Crippen LogP contribution < -0.4 is 5.32 Å². The molecule has 0 saturated carbocycles. The molecule has 2 atom stereocenters. The molecule has 1 N–H and O–H groups in total. The van der Waals surface area contributed by atoms with Gasteiger partial charge >= 0.3 is 5.97 Å². The van der Waals surface area contributed by atoms with Crippen LogP contribution in [0.4, 0.5) is 0 Å². The summed E-state index contributed by atoms with van der Waals surface area (Å²) in [6, 6.07) is 0.435. The fourth-order valence-corrected chi connectivity index (χ4v) is 2.96. The zero-order valence-corrected chi connectivity index (χ0v) is 13.5. The molecule has 1 heterocycles. The molecular formula is C15H31N3O2. The summed E-state index contributed by atoms with van der Waals surface area (Å²) in [4.78, 5) is 16.7. The van der Waals surface area contributed by atoms with Crippen molar-refractivity contribution in [1.29, 1.82) is 0 Å². The molecule has 0 radical (unpaired) electrons. The van der Waals surface area contributed by atoms with Gasteiger partial charge in [-0.3, -0.25) is 14.6 Å². The largest absolute Gasteiger partial charge is 0.468 e. The SMILES string of the molecule is CCCNC(CN1CCC(N(CC)CC)C1)C(=O)OC. The molecule has 118 valence electrons. The number of carbonyl (C=O) groups is 1. The first-order valence-corrected chi connectivity index (χ1v) is 7.93. The van der Waals surface area contributed by atoms with Gasteiger partial charge in [-0.1, -0.05) is 20.8 Å². The van der Waals surface area contributed by atoms with Crippen LogP contribution in [0.2, 0.25) is 0 Å². The van der Waals surface area contributed by atoms with Crippen molar-refractivity contribution >= 4 is 5.97 Å². The number of esters is 1. The molecule has 1 fully saturated rings. The number of hydrogen-bond donors (Lipinski definition) is 1. The molecule has 0 aromatic carbocycles. The number of likely N-dealkylation sites (N-methyl/N-ethyl adjacent to an activating group) is 1. The van der Waals surface area contributed by atoms with Crippen molar-refractivity contribution in [3.05, 3.63) is 0 Å². The minimum atomic E-state index is -0.199. The molecule has 0 amide bonds. The molecule has 0 bridgehead atoms. The van der Waals surface area contributed by atoms with Crippen LogP contribution in [0.5, 0.6) is 0 Å². The van der Waals surface area contributed by atoms with Crippen molar-refractivity contribution in [2.45, 2.75) is 45.7 Å². The van der Waals surface area contributed by atoms with Crippen LogP contribution in [0, 0.1) is 0 Å². The van der Waals surface area contributed by atoms with E-state index < -0.39 is 0 Å². The van der Waals surface area contributed by atoms with Gasteiger partial charge in [0.2, 0.25) is 0 Å². The highest BCUT2D eigenvalue weighted by atomic mass is 16.5. The lowest BCUT2D eigenvalue weighted by Crippen LogP contribution is -2.47. The van der Waals surface area contributed by atoms with E-state index in [2.05, 4.69) is 35.9 Å². The highest BCUT2D eigenvalue weighted by Gasteiger charge is 2.29. The normalized spacial score (nSPS) is 21.4. The van der Waals surface area contributed by atoms with Gasteiger partial charge in [-0.2, -0.15) is 0 Å². The fraction of sp³-hybridized carbons (Fsp3) is 0.933. The second-order valence-corrected chi connectivity index (χ2v) is 5.45. The van der Waals surface area contributed by atoms with Crippen LogP contribution in [-0.2, 0) is 9.53 Å². The molecule has 20 heavy (non-hydrogen) atoms. The molecule has 1 aliphatic heterocycles. The molecule has 5 heteroatoms. The van der Waals surface area contributed by atoms with E-state index >= 15 is 0 Å². The zero-order chi connectivity index (χ0) is 15.0. The van der Waals surface area contributed by atoms with Gasteiger partial charge in [0.05, 0.1) is 7.11 Å². The Kier molecular flexibility index (Phi) is 8.11. The number of carbonyl (C=O) groups excluding carboxylic acids is 1. The average molecular weight is 285 g/mol. The highest BCUT2D eigenvalue weighted by molar-refractivity contribution is 5.75. The minimum Gasteiger partial charge on any atom is -0.468 e. The van der Waals surface area contributed by atoms with Crippen LogP contribution in [-0.4, -0.2) is 74.2 Å². The van der Waals surface area contributed by atoms with E-state index in [0.717, 1.165) is 45.7 Å². The summed E-state index contributed by atoms with van der Waals surface area (Å²) in [6.07, 6.45) is 2.22. The third-order valence-corrected chi connectivity index (χ3v) is 4.14. The van der Waals surface area contributed by atoms with Gasteiger partial charge < -0.3 is 10.1 Å². The summed E-state index contributed by atoms with van der Waals surface area (Å²) in [5.41, 5.74) is 0. The van der Waals surface area contributed by atoms with E-state index in [1.165, 1.54) is 13.5 Å². The van der Waals surface area contributed by atoms with Crippen molar-refractivity contribution < 1.29 is 9.53 Å². The Morgan fingerprint density at radius 3 is 2.65 bits per heavy atom. The number of likely N-dealkylation sites (tertiary alicyclic amines) is 1. The number of hydrogen-bond acceptors (Lipinski definition) is 5. The molecule has 5 nitrogen and oxygen atoms in total. The molecular weight excluding hydrogens is 254 g/mol. The predicted molar refractivity (Wildman–Crippen MR) is 81.9 cm³/mol. The number of nitrogens with zero attached hydrogens (tertiary/aromatic N) is 2. The molecule has 1 rings (SSSR count). The van der Waals surface area contributed by atoms with Crippen molar-refractivity contribution in [3.8, 4) is 0 Å². The second kappa shape index (κ2) is 9.32. The van der Waals surface area contributed by atoms with E-state index in [4.69, 9.17) is 4.74 Å². The maximum absolute atomic E-state index is 11.8. The quantitative estimate of drug-likeness (QED) is 0.639. The summed E-state index contributed by atoms with van der Waals surface area (Å²) >= 11 is 0. The van der Waals surface area contributed by atoms with E-state index in [-0.39, 0.29) is 12.0 Å². The predicted octanol–water partition coefficient (Wildman–Crippen LogP) is 0.944. The van der Waals surface area contributed by atoms with Crippen LogP contribution in [0.3, 0.4) is 0 Å². The van der Waals surface area contributed by atoms with Gasteiger partial charge in [-0.25, -0.2) is 0 Å². The first-order chi connectivity index (χ1) is 9.65. The fourth-order valence-electron chi connectivity index (χ4n) is 2.96. The molecule has 0 spiro atoms. The standard InChI is InChI=1S/C15H31N3O2/c1-5-9-16-14(15(19)20-4)12-17-10-8-13(11-17)18(6-2)7-3/h13-14,16H,5-12H2,1-4H3. The zero-order valence-electron chi connectivity index (χ0n) is 13.5. The summed E-state index contributed by atoms with van der Waals surface area (Å²) in [6.45, 7) is 12.5. The van der Waals surface area contributed by atoms with Gasteiger partial charge in [0.15, 0.2) is 0 Å². The minimum absolute atomic E-state index is 0.148. The number of methoxy groups -OCH3 is 1. The second-order valence-electron chi connectivity index (χ2n) is 5.45. The molecule has 0 aliphatic carbocycles. The third kappa shape index (κ3) is 5.04. The highest BCUT2D eigenvalue weighted by Crippen LogP contribution is 2.15. The maximum atomic E-state index is 11.8. The van der Waals surface area contributed by atoms with Gasteiger partial charge in [0, 0.05) is 19.1 Å². The number of nitrogens with one attached hydrogen (secondary N) is 1. The van der Waals surface area contributed by atoms with Crippen LogP contribution in [0.25, 0.3) is 0 Å². The molecule has 0 aromatic heterocycles. The smallest absolute Gasteiger partial charge is 0.324 e. The summed E-state index contributed by atoms with van der Waals surface area (Å²) in [7, 11) is 1.46. The Bertz CT molecular complexity index is 282. The topological polar surface area (TPSA) is 44.8 Å². The monoisotopic (exact) mass is 285 g/mol.